The minimum absolute atomic E-state index is 0.172. The highest BCUT2D eigenvalue weighted by atomic mass is 32.1. The molecule has 1 aromatic heterocycles. The minimum atomic E-state index is -0.774. The first-order valence-electron chi connectivity index (χ1n) is 7.79. The van der Waals surface area contributed by atoms with Gasteiger partial charge in [-0.1, -0.05) is 12.1 Å². The Hall–Kier alpha value is -2.58. The SMILES string of the molecule is O=C(NCCC(O)c1ccc2c(c1)OCO2)C(=O)NCc1cccs1. The summed E-state index contributed by atoms with van der Waals surface area (Å²) in [4.78, 5) is 24.4. The second-order valence-electron chi connectivity index (χ2n) is 5.44. The lowest BCUT2D eigenvalue weighted by Crippen LogP contribution is -2.40. The Bertz CT molecular complexity index is 748. The molecular formula is C17H18N2O5S. The quantitative estimate of drug-likeness (QED) is 0.674. The van der Waals surface area contributed by atoms with Crippen LogP contribution in [-0.2, 0) is 16.1 Å². The van der Waals surface area contributed by atoms with Crippen molar-refractivity contribution in [2.75, 3.05) is 13.3 Å². The molecule has 132 valence electrons. The number of carbonyl (C=O) groups excluding carboxylic acids is 2. The van der Waals surface area contributed by atoms with Gasteiger partial charge in [0.1, 0.15) is 0 Å². The van der Waals surface area contributed by atoms with Crippen LogP contribution in [-0.4, -0.2) is 30.3 Å². The van der Waals surface area contributed by atoms with Gasteiger partial charge in [0.2, 0.25) is 6.79 Å². The highest BCUT2D eigenvalue weighted by Crippen LogP contribution is 2.34. The largest absolute Gasteiger partial charge is 0.454 e. The highest BCUT2D eigenvalue weighted by Gasteiger charge is 2.17. The van der Waals surface area contributed by atoms with Gasteiger partial charge in [-0.15, -0.1) is 11.3 Å². The number of amides is 2. The van der Waals surface area contributed by atoms with Crippen LogP contribution in [0.4, 0.5) is 0 Å². The molecule has 1 unspecified atom stereocenters. The lowest BCUT2D eigenvalue weighted by molar-refractivity contribution is -0.139. The minimum Gasteiger partial charge on any atom is -0.454 e. The number of aliphatic hydroxyl groups excluding tert-OH is 1. The Morgan fingerprint density at radius 3 is 2.76 bits per heavy atom. The summed E-state index contributed by atoms with van der Waals surface area (Å²) >= 11 is 1.51. The molecule has 1 aromatic carbocycles. The summed E-state index contributed by atoms with van der Waals surface area (Å²) in [6, 6.07) is 8.95. The molecule has 1 aliphatic heterocycles. The van der Waals surface area contributed by atoms with Crippen molar-refractivity contribution in [3.05, 3.63) is 46.2 Å². The van der Waals surface area contributed by atoms with Crippen molar-refractivity contribution < 1.29 is 24.2 Å². The number of ether oxygens (including phenoxy) is 2. The number of fused-ring (bicyclic) bond motifs is 1. The Labute approximate surface area is 148 Å². The lowest BCUT2D eigenvalue weighted by atomic mass is 10.1. The normalized spacial score (nSPS) is 13.3. The molecule has 0 fully saturated rings. The number of carbonyl (C=O) groups is 2. The van der Waals surface area contributed by atoms with E-state index in [1.165, 1.54) is 11.3 Å². The Morgan fingerprint density at radius 1 is 1.16 bits per heavy atom. The standard InChI is InChI=1S/C17H18N2O5S/c20-13(11-3-4-14-15(8-11)24-10-23-14)5-6-18-16(21)17(22)19-9-12-2-1-7-25-12/h1-4,7-8,13,20H,5-6,9-10H2,(H,18,21)(H,19,22). The molecule has 0 aliphatic carbocycles. The van der Waals surface area contributed by atoms with Crippen LogP contribution >= 0.6 is 11.3 Å². The van der Waals surface area contributed by atoms with Crippen molar-refractivity contribution in [3.8, 4) is 11.5 Å². The van der Waals surface area contributed by atoms with Crippen molar-refractivity contribution in [2.24, 2.45) is 0 Å². The smallest absolute Gasteiger partial charge is 0.309 e. The predicted molar refractivity (Wildman–Crippen MR) is 91.3 cm³/mol. The van der Waals surface area contributed by atoms with Crippen molar-refractivity contribution in [2.45, 2.75) is 19.1 Å². The molecule has 2 amide bonds. The summed E-state index contributed by atoms with van der Waals surface area (Å²) in [5.74, 6) is -0.166. The highest BCUT2D eigenvalue weighted by molar-refractivity contribution is 7.09. The molecule has 0 saturated carbocycles. The summed E-state index contributed by atoms with van der Waals surface area (Å²) in [7, 11) is 0. The Morgan fingerprint density at radius 2 is 1.96 bits per heavy atom. The van der Waals surface area contributed by atoms with Gasteiger partial charge in [0, 0.05) is 11.4 Å². The summed E-state index contributed by atoms with van der Waals surface area (Å²) in [5, 5.41) is 17.1. The molecule has 1 aliphatic rings. The average molecular weight is 362 g/mol. The van der Waals surface area contributed by atoms with Crippen molar-refractivity contribution >= 4 is 23.2 Å². The molecule has 7 nitrogen and oxygen atoms in total. The van der Waals surface area contributed by atoms with Crippen LogP contribution in [0.1, 0.15) is 23.0 Å². The van der Waals surface area contributed by atoms with Gasteiger partial charge in [0.05, 0.1) is 12.6 Å². The molecule has 25 heavy (non-hydrogen) atoms. The summed E-state index contributed by atoms with van der Waals surface area (Å²) in [6.45, 7) is 0.677. The van der Waals surface area contributed by atoms with E-state index in [9.17, 15) is 14.7 Å². The molecule has 0 bridgehead atoms. The fourth-order valence-electron chi connectivity index (χ4n) is 2.35. The van der Waals surface area contributed by atoms with Gasteiger partial charge in [-0.05, 0) is 35.6 Å². The Balaban J connectivity index is 1.41. The van der Waals surface area contributed by atoms with E-state index in [0.29, 0.717) is 23.6 Å². The van der Waals surface area contributed by atoms with Gasteiger partial charge in [-0.3, -0.25) is 9.59 Å². The van der Waals surface area contributed by atoms with E-state index in [2.05, 4.69) is 10.6 Å². The van der Waals surface area contributed by atoms with E-state index in [-0.39, 0.29) is 19.8 Å². The van der Waals surface area contributed by atoms with Crippen LogP contribution < -0.4 is 20.1 Å². The van der Waals surface area contributed by atoms with Crippen LogP contribution in [0.25, 0.3) is 0 Å². The molecule has 3 rings (SSSR count). The Kier molecular flexibility index (Phi) is 5.52. The maximum atomic E-state index is 11.7. The molecular weight excluding hydrogens is 344 g/mol. The maximum absolute atomic E-state index is 11.7. The summed E-state index contributed by atoms with van der Waals surface area (Å²) < 4.78 is 10.5. The topological polar surface area (TPSA) is 96.9 Å². The molecule has 0 saturated heterocycles. The molecule has 1 atom stereocenters. The number of rotatable bonds is 6. The van der Waals surface area contributed by atoms with Crippen molar-refractivity contribution in [3.63, 3.8) is 0 Å². The van der Waals surface area contributed by atoms with Gasteiger partial charge >= 0.3 is 11.8 Å². The van der Waals surface area contributed by atoms with Gasteiger partial charge in [-0.2, -0.15) is 0 Å². The van der Waals surface area contributed by atoms with Gasteiger partial charge in [0.15, 0.2) is 11.5 Å². The van der Waals surface area contributed by atoms with E-state index < -0.39 is 17.9 Å². The van der Waals surface area contributed by atoms with Crippen LogP contribution in [0.5, 0.6) is 11.5 Å². The third kappa shape index (κ3) is 4.49. The van der Waals surface area contributed by atoms with E-state index in [1.54, 1.807) is 18.2 Å². The van der Waals surface area contributed by atoms with Gasteiger partial charge in [-0.25, -0.2) is 0 Å². The summed E-state index contributed by atoms with van der Waals surface area (Å²) in [6.07, 6.45) is -0.493. The lowest BCUT2D eigenvalue weighted by Gasteiger charge is -2.12. The monoisotopic (exact) mass is 362 g/mol. The molecule has 3 N–H and O–H groups in total. The van der Waals surface area contributed by atoms with Crippen LogP contribution in [0.2, 0.25) is 0 Å². The number of thiophene rings is 1. The van der Waals surface area contributed by atoms with Gasteiger partial charge < -0.3 is 25.2 Å². The van der Waals surface area contributed by atoms with E-state index in [1.807, 2.05) is 17.5 Å². The van der Waals surface area contributed by atoms with Crippen LogP contribution in [0, 0.1) is 0 Å². The first kappa shape index (κ1) is 17.2. The molecule has 8 heteroatoms. The number of benzene rings is 1. The zero-order valence-corrected chi connectivity index (χ0v) is 14.2. The van der Waals surface area contributed by atoms with Crippen molar-refractivity contribution in [1.29, 1.82) is 0 Å². The maximum Gasteiger partial charge on any atom is 0.309 e. The second-order valence-corrected chi connectivity index (χ2v) is 6.47. The molecule has 2 heterocycles. The summed E-state index contributed by atoms with van der Waals surface area (Å²) in [5.41, 5.74) is 0.667. The zero-order chi connectivity index (χ0) is 17.6. The number of nitrogens with one attached hydrogen (secondary N) is 2. The van der Waals surface area contributed by atoms with E-state index >= 15 is 0 Å². The van der Waals surface area contributed by atoms with Crippen molar-refractivity contribution in [1.82, 2.24) is 10.6 Å². The fraction of sp³-hybridized carbons (Fsp3) is 0.294. The number of aliphatic hydroxyl groups is 1. The van der Waals surface area contributed by atoms with E-state index in [0.717, 1.165) is 4.88 Å². The third-order valence-corrected chi connectivity index (χ3v) is 4.57. The van der Waals surface area contributed by atoms with Crippen LogP contribution in [0.15, 0.2) is 35.7 Å². The van der Waals surface area contributed by atoms with Crippen LogP contribution in [0.3, 0.4) is 0 Å². The predicted octanol–water partition coefficient (Wildman–Crippen LogP) is 1.33. The van der Waals surface area contributed by atoms with E-state index in [4.69, 9.17) is 9.47 Å². The molecule has 0 spiro atoms. The first-order chi connectivity index (χ1) is 12.1. The number of hydrogen-bond acceptors (Lipinski definition) is 6. The zero-order valence-electron chi connectivity index (χ0n) is 13.4. The molecule has 0 radical (unpaired) electrons. The first-order valence-corrected chi connectivity index (χ1v) is 8.67. The number of hydrogen-bond donors (Lipinski definition) is 3. The average Bonchev–Trinajstić information content (AvgIpc) is 3.29. The van der Waals surface area contributed by atoms with Gasteiger partial charge in [0.25, 0.3) is 0 Å². The fourth-order valence-corrected chi connectivity index (χ4v) is 3.00. The third-order valence-electron chi connectivity index (χ3n) is 3.69. The second kappa shape index (κ2) is 8.00. The molecule has 2 aromatic rings.